The van der Waals surface area contributed by atoms with E-state index in [-0.39, 0.29) is 11.8 Å². The van der Waals surface area contributed by atoms with Gasteiger partial charge in [-0.3, -0.25) is 14.3 Å². The molecule has 1 fully saturated rings. The highest BCUT2D eigenvalue weighted by Gasteiger charge is 2.35. The molecule has 0 bridgehead atoms. The zero-order chi connectivity index (χ0) is 19.0. The van der Waals surface area contributed by atoms with E-state index in [9.17, 15) is 9.59 Å². The predicted molar refractivity (Wildman–Crippen MR) is 103 cm³/mol. The van der Waals surface area contributed by atoms with Gasteiger partial charge in [0, 0.05) is 49.2 Å². The van der Waals surface area contributed by atoms with Crippen LogP contribution in [0.4, 0.5) is 5.69 Å². The Labute approximate surface area is 159 Å². The first-order chi connectivity index (χ1) is 13.1. The van der Waals surface area contributed by atoms with Gasteiger partial charge in [-0.1, -0.05) is 12.6 Å². The third-order valence-corrected chi connectivity index (χ3v) is 5.28. The Morgan fingerprint density at radius 2 is 2.19 bits per heavy atom. The number of hydrogen-bond donors (Lipinski definition) is 0. The van der Waals surface area contributed by atoms with Gasteiger partial charge in [0.25, 0.3) is 5.91 Å². The standard InChI is InChI=1S/C21H24N4O2/c1-3-20(26)24-11-5-7-17-18(6-4-8-19(17)24)21(27)25(16-9-10-16)14-15-12-22-23(2)13-15/h3-4,6,8,12-13,16H,1,5,7,9-11,14H2,2H3. The summed E-state index contributed by atoms with van der Waals surface area (Å²) in [5, 5.41) is 4.22. The number of fused-ring (bicyclic) bond motifs is 1. The van der Waals surface area contributed by atoms with E-state index in [4.69, 9.17) is 0 Å². The number of carbonyl (C=O) groups is 2. The lowest BCUT2D eigenvalue weighted by Crippen LogP contribution is -2.37. The summed E-state index contributed by atoms with van der Waals surface area (Å²) in [7, 11) is 1.88. The van der Waals surface area contributed by atoms with E-state index in [0.29, 0.717) is 24.7 Å². The number of carbonyl (C=O) groups excluding carboxylic acids is 2. The molecule has 2 heterocycles. The van der Waals surface area contributed by atoms with Crippen LogP contribution in [-0.4, -0.2) is 39.1 Å². The summed E-state index contributed by atoms with van der Waals surface area (Å²) in [6.45, 7) is 4.83. The number of anilines is 1. The third-order valence-electron chi connectivity index (χ3n) is 5.28. The van der Waals surface area contributed by atoms with Crippen molar-refractivity contribution < 1.29 is 9.59 Å². The molecule has 0 atom stereocenters. The topological polar surface area (TPSA) is 58.4 Å². The van der Waals surface area contributed by atoms with Crippen LogP contribution in [0.15, 0.2) is 43.2 Å². The van der Waals surface area contributed by atoms with Gasteiger partial charge >= 0.3 is 0 Å². The third kappa shape index (κ3) is 3.39. The minimum absolute atomic E-state index is 0.0473. The first kappa shape index (κ1) is 17.5. The first-order valence-electron chi connectivity index (χ1n) is 9.43. The van der Waals surface area contributed by atoms with E-state index < -0.39 is 0 Å². The quantitative estimate of drug-likeness (QED) is 0.767. The van der Waals surface area contributed by atoms with Crippen molar-refractivity contribution in [3.8, 4) is 0 Å². The molecule has 1 aliphatic heterocycles. The van der Waals surface area contributed by atoms with Crippen LogP contribution in [0.1, 0.15) is 40.7 Å². The smallest absolute Gasteiger partial charge is 0.254 e. The van der Waals surface area contributed by atoms with Gasteiger partial charge in [-0.05, 0) is 49.5 Å². The maximum Gasteiger partial charge on any atom is 0.254 e. The zero-order valence-corrected chi connectivity index (χ0v) is 15.6. The molecule has 6 nitrogen and oxygen atoms in total. The van der Waals surface area contributed by atoms with E-state index in [1.807, 2.05) is 42.5 Å². The minimum Gasteiger partial charge on any atom is -0.331 e. The van der Waals surface area contributed by atoms with Gasteiger partial charge in [0.05, 0.1) is 6.20 Å². The van der Waals surface area contributed by atoms with Crippen molar-refractivity contribution in [2.24, 2.45) is 7.05 Å². The summed E-state index contributed by atoms with van der Waals surface area (Å²) in [5.74, 6) is -0.0685. The molecule has 2 amide bonds. The zero-order valence-electron chi connectivity index (χ0n) is 15.6. The molecule has 6 heteroatoms. The Hall–Kier alpha value is -2.89. The molecule has 1 saturated carbocycles. The number of amides is 2. The average molecular weight is 364 g/mol. The summed E-state index contributed by atoms with van der Waals surface area (Å²) >= 11 is 0. The normalized spacial score (nSPS) is 16.0. The Morgan fingerprint density at radius 1 is 1.37 bits per heavy atom. The second-order valence-electron chi connectivity index (χ2n) is 7.29. The molecule has 0 spiro atoms. The van der Waals surface area contributed by atoms with Crippen molar-refractivity contribution in [3.05, 3.63) is 59.9 Å². The van der Waals surface area contributed by atoms with E-state index in [1.165, 1.54) is 6.08 Å². The second kappa shape index (κ2) is 7.02. The molecule has 2 aromatic rings. The van der Waals surface area contributed by atoms with Crippen molar-refractivity contribution in [1.29, 1.82) is 0 Å². The van der Waals surface area contributed by atoms with Crippen LogP contribution in [0.5, 0.6) is 0 Å². The summed E-state index contributed by atoms with van der Waals surface area (Å²) < 4.78 is 1.76. The summed E-state index contributed by atoms with van der Waals surface area (Å²) in [6.07, 6.45) is 8.85. The molecular formula is C21H24N4O2. The van der Waals surface area contributed by atoms with Crippen LogP contribution < -0.4 is 4.90 Å². The monoisotopic (exact) mass is 364 g/mol. The summed E-state index contributed by atoms with van der Waals surface area (Å²) in [5.41, 5.74) is 3.56. The molecule has 1 aromatic carbocycles. The highest BCUT2D eigenvalue weighted by Crippen LogP contribution is 2.34. The van der Waals surface area contributed by atoms with Gasteiger partial charge in [0.2, 0.25) is 5.91 Å². The molecule has 27 heavy (non-hydrogen) atoms. The molecule has 2 aliphatic rings. The number of aromatic nitrogens is 2. The van der Waals surface area contributed by atoms with Gasteiger partial charge in [-0.15, -0.1) is 0 Å². The molecule has 0 radical (unpaired) electrons. The van der Waals surface area contributed by atoms with Gasteiger partial charge in [0.1, 0.15) is 0 Å². The molecule has 0 N–H and O–H groups in total. The fourth-order valence-corrected chi connectivity index (χ4v) is 3.82. The maximum atomic E-state index is 13.4. The Morgan fingerprint density at radius 3 is 2.85 bits per heavy atom. The van der Waals surface area contributed by atoms with E-state index in [2.05, 4.69) is 11.7 Å². The molecule has 1 aliphatic carbocycles. The average Bonchev–Trinajstić information content (AvgIpc) is 3.45. The van der Waals surface area contributed by atoms with Crippen LogP contribution >= 0.6 is 0 Å². The molecule has 4 rings (SSSR count). The van der Waals surface area contributed by atoms with Gasteiger partial charge in [-0.2, -0.15) is 5.10 Å². The Balaban J connectivity index is 1.66. The minimum atomic E-state index is -0.116. The summed E-state index contributed by atoms with van der Waals surface area (Å²) in [4.78, 5) is 29.3. The van der Waals surface area contributed by atoms with Crippen LogP contribution in [0.25, 0.3) is 0 Å². The number of benzene rings is 1. The largest absolute Gasteiger partial charge is 0.331 e. The lowest BCUT2D eigenvalue weighted by Gasteiger charge is -2.31. The molecule has 1 aromatic heterocycles. The van der Waals surface area contributed by atoms with Crippen LogP contribution in [-0.2, 0) is 24.8 Å². The van der Waals surface area contributed by atoms with E-state index >= 15 is 0 Å². The van der Waals surface area contributed by atoms with Crippen LogP contribution in [0.2, 0.25) is 0 Å². The molecular weight excluding hydrogens is 340 g/mol. The predicted octanol–water partition coefficient (Wildman–Crippen LogP) is 2.69. The fourth-order valence-electron chi connectivity index (χ4n) is 3.82. The van der Waals surface area contributed by atoms with E-state index in [1.54, 1.807) is 9.58 Å². The Bertz CT molecular complexity index is 897. The molecule has 0 saturated heterocycles. The van der Waals surface area contributed by atoms with Gasteiger partial charge < -0.3 is 9.80 Å². The number of nitrogens with zero attached hydrogens (tertiary/aromatic N) is 4. The molecule has 0 unspecified atom stereocenters. The first-order valence-corrected chi connectivity index (χ1v) is 9.43. The van der Waals surface area contributed by atoms with Gasteiger partial charge in [-0.25, -0.2) is 0 Å². The maximum absolute atomic E-state index is 13.4. The van der Waals surface area contributed by atoms with Crippen LogP contribution in [0.3, 0.4) is 0 Å². The second-order valence-corrected chi connectivity index (χ2v) is 7.29. The van der Waals surface area contributed by atoms with Crippen molar-refractivity contribution in [2.75, 3.05) is 11.4 Å². The van der Waals surface area contributed by atoms with Crippen LogP contribution in [0, 0.1) is 0 Å². The van der Waals surface area contributed by atoms with Crippen molar-refractivity contribution >= 4 is 17.5 Å². The number of aryl methyl sites for hydroxylation is 1. The number of rotatable bonds is 5. The van der Waals surface area contributed by atoms with E-state index in [0.717, 1.165) is 42.5 Å². The molecule has 140 valence electrons. The fraction of sp³-hybridized carbons (Fsp3) is 0.381. The lowest BCUT2D eigenvalue weighted by molar-refractivity contribution is -0.114. The van der Waals surface area contributed by atoms with Crippen molar-refractivity contribution in [2.45, 2.75) is 38.3 Å². The number of hydrogen-bond acceptors (Lipinski definition) is 3. The SMILES string of the molecule is C=CC(=O)N1CCCc2c(C(=O)N(Cc3cnn(C)c3)C3CC3)cccc21. The van der Waals surface area contributed by atoms with Crippen molar-refractivity contribution in [1.82, 2.24) is 14.7 Å². The lowest BCUT2D eigenvalue weighted by atomic mass is 9.95. The van der Waals surface area contributed by atoms with Gasteiger partial charge in [0.15, 0.2) is 0 Å². The van der Waals surface area contributed by atoms with Crippen molar-refractivity contribution in [3.63, 3.8) is 0 Å². The highest BCUT2D eigenvalue weighted by atomic mass is 16.2. The summed E-state index contributed by atoms with van der Waals surface area (Å²) in [6, 6.07) is 5.98. The Kier molecular flexibility index (Phi) is 4.56. The highest BCUT2D eigenvalue weighted by molar-refractivity contribution is 6.04.